The second-order valence-corrected chi connectivity index (χ2v) is 5.28. The summed E-state index contributed by atoms with van der Waals surface area (Å²) in [5.74, 6) is -0.216. The second kappa shape index (κ2) is 6.83. The van der Waals surface area contributed by atoms with E-state index in [9.17, 15) is 4.39 Å². The molecule has 0 heterocycles. The fraction of sp³-hybridized carbons (Fsp3) is 0.250. The Bertz CT molecular complexity index is 537. The Balaban J connectivity index is 1.90. The molecule has 2 aromatic rings. The summed E-state index contributed by atoms with van der Waals surface area (Å²) in [6.07, 6.45) is 1.06. The van der Waals surface area contributed by atoms with Crippen molar-refractivity contribution in [3.63, 3.8) is 0 Å². The van der Waals surface area contributed by atoms with Gasteiger partial charge in [-0.25, -0.2) is 4.39 Å². The molecule has 0 spiro atoms. The van der Waals surface area contributed by atoms with E-state index in [2.05, 4.69) is 52.4 Å². The number of halogens is 2. The highest BCUT2D eigenvalue weighted by Crippen LogP contribution is 2.20. The molecule has 0 radical (unpaired) electrons. The molecule has 0 aliphatic rings. The fourth-order valence-electron chi connectivity index (χ4n) is 1.92. The van der Waals surface area contributed by atoms with E-state index < -0.39 is 0 Å². The van der Waals surface area contributed by atoms with Gasteiger partial charge < -0.3 is 5.32 Å². The van der Waals surface area contributed by atoms with Gasteiger partial charge in [-0.3, -0.25) is 0 Å². The van der Waals surface area contributed by atoms with E-state index in [4.69, 9.17) is 0 Å². The molecule has 2 aromatic carbocycles. The highest BCUT2D eigenvalue weighted by molar-refractivity contribution is 9.10. The average Bonchev–Trinajstić information content (AvgIpc) is 2.44. The number of hydrogen-bond acceptors (Lipinski definition) is 1. The van der Waals surface area contributed by atoms with E-state index >= 15 is 0 Å². The lowest BCUT2D eigenvalue weighted by molar-refractivity contribution is 0.612. The molecule has 19 heavy (non-hydrogen) atoms. The molecule has 0 unspecified atom stereocenters. The molecule has 0 saturated heterocycles. The van der Waals surface area contributed by atoms with Crippen molar-refractivity contribution in [2.45, 2.75) is 26.4 Å². The van der Waals surface area contributed by atoms with Crippen LogP contribution in [0.4, 0.5) is 4.39 Å². The van der Waals surface area contributed by atoms with E-state index in [-0.39, 0.29) is 5.82 Å². The van der Waals surface area contributed by atoms with Crippen molar-refractivity contribution >= 4 is 15.9 Å². The molecular weight excluding hydrogens is 305 g/mol. The summed E-state index contributed by atoms with van der Waals surface area (Å²) < 4.78 is 13.9. The first-order chi connectivity index (χ1) is 9.20. The van der Waals surface area contributed by atoms with Crippen molar-refractivity contribution in [2.75, 3.05) is 0 Å². The van der Waals surface area contributed by atoms with E-state index in [1.165, 1.54) is 17.2 Å². The van der Waals surface area contributed by atoms with Gasteiger partial charge in [0.2, 0.25) is 0 Å². The Morgan fingerprint density at radius 3 is 2.37 bits per heavy atom. The Morgan fingerprint density at radius 2 is 1.68 bits per heavy atom. The maximum absolute atomic E-state index is 13.3. The summed E-state index contributed by atoms with van der Waals surface area (Å²) in [6.45, 7) is 3.58. The standard InChI is InChI=1S/C16H17BrFN/c1-2-12-6-8-13(9-7-12)10-19-11-14-4-3-5-15(18)16(14)17/h3-9,19H,2,10-11H2,1H3. The lowest BCUT2D eigenvalue weighted by Gasteiger charge is -2.08. The monoisotopic (exact) mass is 321 g/mol. The lowest BCUT2D eigenvalue weighted by atomic mass is 10.1. The molecule has 0 amide bonds. The quantitative estimate of drug-likeness (QED) is 0.858. The van der Waals surface area contributed by atoms with Gasteiger partial charge in [0.1, 0.15) is 5.82 Å². The molecule has 0 aromatic heterocycles. The highest BCUT2D eigenvalue weighted by Gasteiger charge is 2.04. The van der Waals surface area contributed by atoms with Crippen molar-refractivity contribution in [2.24, 2.45) is 0 Å². The smallest absolute Gasteiger partial charge is 0.137 e. The third-order valence-corrected chi connectivity index (χ3v) is 4.00. The second-order valence-electron chi connectivity index (χ2n) is 4.49. The first-order valence-corrected chi connectivity index (χ1v) is 7.21. The van der Waals surface area contributed by atoms with Gasteiger partial charge in [-0.1, -0.05) is 43.3 Å². The molecule has 1 N–H and O–H groups in total. The third kappa shape index (κ3) is 3.88. The number of aryl methyl sites for hydroxylation is 1. The summed E-state index contributed by atoms with van der Waals surface area (Å²) in [7, 11) is 0. The van der Waals surface area contributed by atoms with Crippen molar-refractivity contribution in [1.82, 2.24) is 5.32 Å². The number of rotatable bonds is 5. The molecule has 1 nitrogen and oxygen atoms in total. The molecule has 3 heteroatoms. The van der Waals surface area contributed by atoms with Gasteiger partial charge in [-0.2, -0.15) is 0 Å². The largest absolute Gasteiger partial charge is 0.309 e. The molecule has 0 saturated carbocycles. The van der Waals surface area contributed by atoms with Crippen LogP contribution in [0.1, 0.15) is 23.6 Å². The summed E-state index contributed by atoms with van der Waals surface area (Å²) in [4.78, 5) is 0. The summed E-state index contributed by atoms with van der Waals surface area (Å²) in [5, 5.41) is 3.33. The first kappa shape index (κ1) is 14.2. The molecule has 0 atom stereocenters. The van der Waals surface area contributed by atoms with Crippen molar-refractivity contribution in [1.29, 1.82) is 0 Å². The van der Waals surface area contributed by atoms with Crippen LogP contribution in [-0.2, 0) is 19.5 Å². The fourth-order valence-corrected chi connectivity index (χ4v) is 2.32. The molecule has 0 fully saturated rings. The SMILES string of the molecule is CCc1ccc(CNCc2cccc(F)c2Br)cc1. The van der Waals surface area contributed by atoms with E-state index in [0.717, 1.165) is 18.5 Å². The zero-order valence-corrected chi connectivity index (χ0v) is 12.5. The summed E-state index contributed by atoms with van der Waals surface area (Å²) >= 11 is 3.27. The van der Waals surface area contributed by atoms with E-state index in [1.807, 2.05) is 6.07 Å². The summed E-state index contributed by atoms with van der Waals surface area (Å²) in [6, 6.07) is 13.7. The van der Waals surface area contributed by atoms with Gasteiger partial charge in [0, 0.05) is 13.1 Å². The predicted octanol–water partition coefficient (Wildman–Crippen LogP) is 4.44. The van der Waals surface area contributed by atoms with Gasteiger partial charge >= 0.3 is 0 Å². The zero-order valence-electron chi connectivity index (χ0n) is 10.9. The van der Waals surface area contributed by atoms with E-state index in [0.29, 0.717) is 11.0 Å². The Morgan fingerprint density at radius 1 is 1.00 bits per heavy atom. The van der Waals surface area contributed by atoms with Crippen molar-refractivity contribution in [3.05, 3.63) is 69.4 Å². The van der Waals surface area contributed by atoms with Crippen LogP contribution in [-0.4, -0.2) is 0 Å². The lowest BCUT2D eigenvalue weighted by Crippen LogP contribution is -2.13. The van der Waals surface area contributed by atoms with Crippen LogP contribution >= 0.6 is 15.9 Å². The number of nitrogens with one attached hydrogen (secondary N) is 1. The van der Waals surface area contributed by atoms with Crippen LogP contribution in [0, 0.1) is 5.82 Å². The van der Waals surface area contributed by atoms with Crippen LogP contribution in [0.2, 0.25) is 0 Å². The maximum Gasteiger partial charge on any atom is 0.137 e. The predicted molar refractivity (Wildman–Crippen MR) is 80.5 cm³/mol. The van der Waals surface area contributed by atoms with Crippen LogP contribution in [0.5, 0.6) is 0 Å². The molecular formula is C16H17BrFN. The van der Waals surface area contributed by atoms with Gasteiger partial charge in [0.05, 0.1) is 4.47 Å². The van der Waals surface area contributed by atoms with Crippen LogP contribution in [0.25, 0.3) is 0 Å². The zero-order chi connectivity index (χ0) is 13.7. The number of benzene rings is 2. The molecule has 0 bridgehead atoms. The van der Waals surface area contributed by atoms with Crippen LogP contribution in [0.15, 0.2) is 46.9 Å². The number of hydrogen-bond donors (Lipinski definition) is 1. The first-order valence-electron chi connectivity index (χ1n) is 6.42. The minimum absolute atomic E-state index is 0.216. The molecule has 0 aliphatic heterocycles. The third-order valence-electron chi connectivity index (χ3n) is 3.11. The molecule has 0 aliphatic carbocycles. The maximum atomic E-state index is 13.3. The summed E-state index contributed by atoms with van der Waals surface area (Å²) in [5.41, 5.74) is 3.52. The normalized spacial score (nSPS) is 10.7. The minimum atomic E-state index is -0.216. The van der Waals surface area contributed by atoms with Crippen molar-refractivity contribution in [3.8, 4) is 0 Å². The van der Waals surface area contributed by atoms with Crippen LogP contribution < -0.4 is 5.32 Å². The highest BCUT2D eigenvalue weighted by atomic mass is 79.9. The topological polar surface area (TPSA) is 12.0 Å². The minimum Gasteiger partial charge on any atom is -0.309 e. The van der Waals surface area contributed by atoms with Gasteiger partial charge in [0.15, 0.2) is 0 Å². The Hall–Kier alpha value is -1.19. The molecule has 2 rings (SSSR count). The average molecular weight is 322 g/mol. The van der Waals surface area contributed by atoms with Gasteiger partial charge in [-0.05, 0) is 45.1 Å². The van der Waals surface area contributed by atoms with Crippen molar-refractivity contribution < 1.29 is 4.39 Å². The van der Waals surface area contributed by atoms with E-state index in [1.54, 1.807) is 6.07 Å². The van der Waals surface area contributed by atoms with Gasteiger partial charge in [-0.15, -0.1) is 0 Å². The van der Waals surface area contributed by atoms with Crippen LogP contribution in [0.3, 0.4) is 0 Å². The molecule has 100 valence electrons. The Labute approximate surface area is 122 Å². The Kier molecular flexibility index (Phi) is 5.11. The van der Waals surface area contributed by atoms with Gasteiger partial charge in [0.25, 0.3) is 0 Å².